The lowest BCUT2D eigenvalue weighted by atomic mass is 10.1. The van der Waals surface area contributed by atoms with Crippen molar-refractivity contribution in [2.75, 3.05) is 11.1 Å². The van der Waals surface area contributed by atoms with Crippen molar-refractivity contribution in [3.05, 3.63) is 76.0 Å². The minimum absolute atomic E-state index is 0.0496. The second kappa shape index (κ2) is 9.80. The molecule has 0 bridgehead atoms. The van der Waals surface area contributed by atoms with Crippen molar-refractivity contribution in [1.82, 2.24) is 4.98 Å². The van der Waals surface area contributed by atoms with Gasteiger partial charge in [0, 0.05) is 16.6 Å². The van der Waals surface area contributed by atoms with Crippen molar-refractivity contribution in [3.8, 4) is 0 Å². The number of nitrogens with zero attached hydrogens (tertiary/aromatic N) is 1. The van der Waals surface area contributed by atoms with E-state index in [2.05, 4.69) is 17.2 Å². The molecule has 1 heterocycles. The number of benzene rings is 2. The molecule has 0 saturated carbocycles. The van der Waals surface area contributed by atoms with Gasteiger partial charge in [-0.1, -0.05) is 49.0 Å². The first-order valence-electron chi connectivity index (χ1n) is 9.20. The number of thiazole rings is 1. The molecular formula is C22H21FN2O2S2. The Hall–Kier alpha value is -2.51. The molecule has 1 aromatic heterocycles. The van der Waals surface area contributed by atoms with Crippen LogP contribution in [0.4, 0.5) is 10.1 Å². The van der Waals surface area contributed by atoms with E-state index in [4.69, 9.17) is 0 Å². The molecule has 2 aromatic carbocycles. The number of ketones is 1. The van der Waals surface area contributed by atoms with Gasteiger partial charge in [0.25, 0.3) is 0 Å². The Morgan fingerprint density at radius 1 is 1.17 bits per heavy atom. The second-order valence-corrected chi connectivity index (χ2v) is 8.64. The van der Waals surface area contributed by atoms with E-state index in [9.17, 15) is 14.0 Å². The van der Waals surface area contributed by atoms with Crippen molar-refractivity contribution >= 4 is 40.5 Å². The van der Waals surface area contributed by atoms with Gasteiger partial charge in [0.05, 0.1) is 17.9 Å². The molecule has 0 aliphatic heterocycles. The van der Waals surface area contributed by atoms with E-state index in [1.54, 1.807) is 24.4 Å². The molecule has 1 amide bonds. The average molecular weight is 429 g/mol. The topological polar surface area (TPSA) is 59.1 Å². The Kier molecular flexibility index (Phi) is 7.17. The van der Waals surface area contributed by atoms with Crippen LogP contribution in [0, 0.1) is 12.7 Å². The number of carbonyl (C=O) groups is 2. The number of nitrogens with one attached hydrogen (secondary N) is 1. The quantitative estimate of drug-likeness (QED) is 0.390. The van der Waals surface area contributed by atoms with Gasteiger partial charge in [-0.25, -0.2) is 9.37 Å². The zero-order valence-electron chi connectivity index (χ0n) is 16.2. The number of thioether (sulfide) groups is 1. The molecule has 0 spiro atoms. The standard InChI is InChI=1S/C22H21FN2O2S2/c1-3-15-5-7-16(8-6-15)20(26)13-29-22-25-18(12-28-22)11-21(27)24-17-9-4-14(2)19(23)10-17/h4-10,12H,3,11,13H2,1-2H3,(H,24,27). The molecule has 0 aliphatic carbocycles. The highest BCUT2D eigenvalue weighted by Crippen LogP contribution is 2.24. The van der Waals surface area contributed by atoms with Crippen LogP contribution in [0.5, 0.6) is 0 Å². The molecule has 0 saturated heterocycles. The van der Waals surface area contributed by atoms with E-state index < -0.39 is 0 Å². The van der Waals surface area contributed by atoms with Crippen LogP contribution < -0.4 is 5.32 Å². The number of anilines is 1. The fourth-order valence-corrected chi connectivity index (χ4v) is 4.35. The summed E-state index contributed by atoms with van der Waals surface area (Å²) in [4.78, 5) is 28.9. The molecule has 29 heavy (non-hydrogen) atoms. The van der Waals surface area contributed by atoms with Gasteiger partial charge in [-0.2, -0.15) is 0 Å². The smallest absolute Gasteiger partial charge is 0.230 e. The van der Waals surface area contributed by atoms with Crippen LogP contribution in [0.15, 0.2) is 52.2 Å². The average Bonchev–Trinajstić information content (AvgIpc) is 3.16. The maximum absolute atomic E-state index is 13.6. The summed E-state index contributed by atoms with van der Waals surface area (Å²) in [5.41, 5.74) is 3.46. The van der Waals surface area contributed by atoms with Crippen LogP contribution >= 0.6 is 23.1 Å². The van der Waals surface area contributed by atoms with Gasteiger partial charge in [0.2, 0.25) is 5.91 Å². The summed E-state index contributed by atoms with van der Waals surface area (Å²) in [7, 11) is 0. The molecular weight excluding hydrogens is 407 g/mol. The molecule has 1 N–H and O–H groups in total. The first kappa shape index (κ1) is 21.2. The largest absolute Gasteiger partial charge is 0.326 e. The van der Waals surface area contributed by atoms with Gasteiger partial charge in [-0.15, -0.1) is 11.3 Å². The van der Waals surface area contributed by atoms with E-state index in [0.717, 1.165) is 10.8 Å². The number of aryl methyl sites for hydroxylation is 2. The van der Waals surface area contributed by atoms with Gasteiger partial charge in [0.1, 0.15) is 5.82 Å². The van der Waals surface area contributed by atoms with E-state index in [1.807, 2.05) is 24.3 Å². The Morgan fingerprint density at radius 2 is 1.93 bits per heavy atom. The number of aromatic nitrogens is 1. The molecule has 0 aliphatic rings. The van der Waals surface area contributed by atoms with Crippen molar-refractivity contribution in [1.29, 1.82) is 0 Å². The molecule has 0 atom stereocenters. The lowest BCUT2D eigenvalue weighted by Gasteiger charge is -2.05. The van der Waals surface area contributed by atoms with Crippen molar-refractivity contribution < 1.29 is 14.0 Å². The number of hydrogen-bond acceptors (Lipinski definition) is 5. The van der Waals surface area contributed by atoms with Crippen LogP contribution in [0.3, 0.4) is 0 Å². The van der Waals surface area contributed by atoms with Crippen LogP contribution in [-0.2, 0) is 17.6 Å². The molecule has 3 rings (SSSR count). The molecule has 150 valence electrons. The predicted molar refractivity (Wildman–Crippen MR) is 116 cm³/mol. The minimum atomic E-state index is -0.357. The van der Waals surface area contributed by atoms with E-state index in [0.29, 0.717) is 28.3 Å². The Bertz CT molecular complexity index is 1020. The van der Waals surface area contributed by atoms with Gasteiger partial charge < -0.3 is 5.32 Å². The molecule has 0 radical (unpaired) electrons. The van der Waals surface area contributed by atoms with Crippen LogP contribution in [-0.4, -0.2) is 22.4 Å². The summed E-state index contributed by atoms with van der Waals surface area (Å²) < 4.78 is 14.3. The highest BCUT2D eigenvalue weighted by Gasteiger charge is 2.12. The van der Waals surface area contributed by atoms with Crippen molar-refractivity contribution in [2.24, 2.45) is 0 Å². The van der Waals surface area contributed by atoms with E-state index in [1.165, 1.54) is 34.7 Å². The summed E-state index contributed by atoms with van der Waals surface area (Å²) >= 11 is 2.77. The highest BCUT2D eigenvalue weighted by atomic mass is 32.2. The third-order valence-corrected chi connectivity index (χ3v) is 6.41. The van der Waals surface area contributed by atoms with Crippen LogP contribution in [0.25, 0.3) is 0 Å². The first-order valence-corrected chi connectivity index (χ1v) is 11.1. The summed E-state index contributed by atoms with van der Waals surface area (Å²) in [5.74, 6) is -0.271. The molecule has 7 heteroatoms. The number of hydrogen-bond donors (Lipinski definition) is 1. The Morgan fingerprint density at radius 3 is 2.62 bits per heavy atom. The number of Topliss-reactive ketones (excluding diaryl/α,β-unsaturated/α-hetero) is 1. The lowest BCUT2D eigenvalue weighted by molar-refractivity contribution is -0.115. The molecule has 0 fully saturated rings. The van der Waals surface area contributed by atoms with Crippen molar-refractivity contribution in [2.45, 2.75) is 31.0 Å². The lowest BCUT2D eigenvalue weighted by Crippen LogP contribution is -2.14. The third kappa shape index (κ3) is 5.98. The van der Waals surface area contributed by atoms with Crippen LogP contribution in [0.1, 0.15) is 34.1 Å². The normalized spacial score (nSPS) is 10.7. The fourth-order valence-electron chi connectivity index (χ4n) is 2.61. The highest BCUT2D eigenvalue weighted by molar-refractivity contribution is 8.01. The molecule has 0 unspecified atom stereocenters. The van der Waals surface area contributed by atoms with Gasteiger partial charge >= 0.3 is 0 Å². The summed E-state index contributed by atoms with van der Waals surface area (Å²) in [6.45, 7) is 3.74. The third-order valence-electron chi connectivity index (χ3n) is 4.34. The van der Waals surface area contributed by atoms with Gasteiger partial charge in [0.15, 0.2) is 10.1 Å². The van der Waals surface area contributed by atoms with E-state index in [-0.39, 0.29) is 23.9 Å². The van der Waals surface area contributed by atoms with Crippen LogP contribution in [0.2, 0.25) is 0 Å². The Labute approximate surface area is 177 Å². The SMILES string of the molecule is CCc1ccc(C(=O)CSc2nc(CC(=O)Nc3ccc(C)c(F)c3)cs2)cc1. The number of rotatable bonds is 8. The maximum Gasteiger partial charge on any atom is 0.230 e. The van der Waals surface area contributed by atoms with Crippen molar-refractivity contribution in [3.63, 3.8) is 0 Å². The zero-order valence-corrected chi connectivity index (χ0v) is 17.8. The van der Waals surface area contributed by atoms with E-state index >= 15 is 0 Å². The zero-order chi connectivity index (χ0) is 20.8. The predicted octanol–water partition coefficient (Wildman–Crippen LogP) is 5.31. The number of halogens is 1. The maximum atomic E-state index is 13.6. The minimum Gasteiger partial charge on any atom is -0.326 e. The summed E-state index contributed by atoms with van der Waals surface area (Å²) in [6.07, 6.45) is 1.04. The monoisotopic (exact) mass is 428 g/mol. The summed E-state index contributed by atoms with van der Waals surface area (Å²) in [5, 5.41) is 4.48. The second-order valence-electron chi connectivity index (χ2n) is 6.56. The number of amides is 1. The first-order chi connectivity index (χ1) is 13.9. The fraction of sp³-hybridized carbons (Fsp3) is 0.227. The number of carbonyl (C=O) groups excluding carboxylic acids is 2. The molecule has 4 nitrogen and oxygen atoms in total. The van der Waals surface area contributed by atoms with Gasteiger partial charge in [-0.3, -0.25) is 9.59 Å². The summed E-state index contributed by atoms with van der Waals surface area (Å²) in [6, 6.07) is 12.2. The van der Waals surface area contributed by atoms with Gasteiger partial charge in [-0.05, 0) is 36.6 Å². The molecule has 3 aromatic rings. The Balaban J connectivity index is 1.51.